The summed E-state index contributed by atoms with van der Waals surface area (Å²) in [4.78, 5) is 16.3. The molecule has 4 heteroatoms. The van der Waals surface area contributed by atoms with E-state index < -0.39 is 0 Å². The number of carbonyl (C=O) groups is 1. The van der Waals surface area contributed by atoms with E-state index in [2.05, 4.69) is 35.5 Å². The molecule has 1 heterocycles. The molecule has 1 aliphatic rings. The van der Waals surface area contributed by atoms with Crippen molar-refractivity contribution in [3.8, 4) is 0 Å². The number of amides is 1. The summed E-state index contributed by atoms with van der Waals surface area (Å²) in [7, 11) is 0. The Kier molecular flexibility index (Phi) is 7.11. The Labute approximate surface area is 139 Å². The highest BCUT2D eigenvalue weighted by Crippen LogP contribution is 2.19. The van der Waals surface area contributed by atoms with Crippen molar-refractivity contribution in [3.63, 3.8) is 0 Å². The van der Waals surface area contributed by atoms with Gasteiger partial charge < -0.3 is 10.6 Å². The molecule has 0 fully saturated rings. The van der Waals surface area contributed by atoms with Crippen LogP contribution in [0.2, 0.25) is 0 Å². The number of allylic oxidation sites excluding steroid dienone is 1. The number of carbonyl (C=O) groups excluding carboxylic acids is 1. The Morgan fingerprint density at radius 3 is 2.78 bits per heavy atom. The smallest absolute Gasteiger partial charge is 0.269 e. The Morgan fingerprint density at radius 2 is 2.13 bits per heavy atom. The van der Waals surface area contributed by atoms with Gasteiger partial charge in [0.2, 0.25) is 0 Å². The maximum Gasteiger partial charge on any atom is 0.269 e. The van der Waals surface area contributed by atoms with Gasteiger partial charge in [0.25, 0.3) is 5.91 Å². The SMILES string of the molecule is CC(C)CCNc1ccc(C(=O)NCCC2=CCCCC2)nc1. The van der Waals surface area contributed by atoms with Crippen molar-refractivity contribution in [1.82, 2.24) is 10.3 Å². The molecule has 0 bridgehead atoms. The van der Waals surface area contributed by atoms with Crippen LogP contribution in [0.5, 0.6) is 0 Å². The first-order valence-corrected chi connectivity index (χ1v) is 8.81. The van der Waals surface area contributed by atoms with Gasteiger partial charge in [-0.1, -0.05) is 25.5 Å². The van der Waals surface area contributed by atoms with Crippen LogP contribution in [0.1, 0.15) is 62.9 Å². The molecule has 126 valence electrons. The molecule has 0 aromatic carbocycles. The van der Waals surface area contributed by atoms with E-state index in [0.29, 0.717) is 18.2 Å². The van der Waals surface area contributed by atoms with E-state index in [-0.39, 0.29) is 5.91 Å². The average molecular weight is 315 g/mol. The van der Waals surface area contributed by atoms with Gasteiger partial charge >= 0.3 is 0 Å². The molecule has 0 unspecified atom stereocenters. The van der Waals surface area contributed by atoms with E-state index in [4.69, 9.17) is 0 Å². The van der Waals surface area contributed by atoms with Crippen LogP contribution in [0.3, 0.4) is 0 Å². The molecule has 1 aromatic heterocycles. The number of nitrogens with one attached hydrogen (secondary N) is 2. The van der Waals surface area contributed by atoms with Crippen LogP contribution in [0.15, 0.2) is 30.0 Å². The quantitative estimate of drug-likeness (QED) is 0.708. The summed E-state index contributed by atoms with van der Waals surface area (Å²) >= 11 is 0. The molecule has 0 radical (unpaired) electrons. The highest BCUT2D eigenvalue weighted by Gasteiger charge is 2.08. The van der Waals surface area contributed by atoms with Gasteiger partial charge in [-0.05, 0) is 56.6 Å². The van der Waals surface area contributed by atoms with Crippen LogP contribution in [-0.2, 0) is 0 Å². The van der Waals surface area contributed by atoms with Crippen molar-refractivity contribution < 1.29 is 4.79 Å². The molecular formula is C19H29N3O. The fourth-order valence-electron chi connectivity index (χ4n) is 2.70. The van der Waals surface area contributed by atoms with Crippen LogP contribution < -0.4 is 10.6 Å². The second kappa shape index (κ2) is 9.33. The summed E-state index contributed by atoms with van der Waals surface area (Å²) in [6.07, 6.45) is 11.1. The lowest BCUT2D eigenvalue weighted by atomic mass is 9.97. The number of anilines is 1. The van der Waals surface area contributed by atoms with Gasteiger partial charge in [-0.15, -0.1) is 0 Å². The fourth-order valence-corrected chi connectivity index (χ4v) is 2.70. The van der Waals surface area contributed by atoms with Crippen LogP contribution in [0.25, 0.3) is 0 Å². The van der Waals surface area contributed by atoms with Gasteiger partial charge in [0.05, 0.1) is 11.9 Å². The average Bonchev–Trinajstić information content (AvgIpc) is 2.56. The van der Waals surface area contributed by atoms with Crippen molar-refractivity contribution >= 4 is 11.6 Å². The van der Waals surface area contributed by atoms with Gasteiger partial charge in [0, 0.05) is 13.1 Å². The number of rotatable bonds is 8. The van der Waals surface area contributed by atoms with Gasteiger partial charge in [0.15, 0.2) is 0 Å². The molecule has 4 nitrogen and oxygen atoms in total. The second-order valence-corrected chi connectivity index (χ2v) is 6.66. The molecular weight excluding hydrogens is 286 g/mol. The third-order valence-electron chi connectivity index (χ3n) is 4.16. The molecule has 23 heavy (non-hydrogen) atoms. The normalized spacial score (nSPS) is 14.5. The maximum absolute atomic E-state index is 12.1. The summed E-state index contributed by atoms with van der Waals surface area (Å²) in [5.74, 6) is 0.593. The van der Waals surface area contributed by atoms with Crippen molar-refractivity contribution in [2.45, 2.75) is 52.4 Å². The van der Waals surface area contributed by atoms with Gasteiger partial charge in [-0.25, -0.2) is 4.98 Å². The van der Waals surface area contributed by atoms with E-state index in [1.807, 2.05) is 6.07 Å². The number of hydrogen-bond acceptors (Lipinski definition) is 3. The highest BCUT2D eigenvalue weighted by atomic mass is 16.1. The molecule has 0 saturated carbocycles. The zero-order chi connectivity index (χ0) is 16.5. The zero-order valence-corrected chi connectivity index (χ0v) is 14.4. The summed E-state index contributed by atoms with van der Waals surface area (Å²) in [6, 6.07) is 3.71. The Bertz CT molecular complexity index is 520. The van der Waals surface area contributed by atoms with Gasteiger partial charge in [-0.3, -0.25) is 4.79 Å². The molecule has 2 N–H and O–H groups in total. The minimum Gasteiger partial charge on any atom is -0.384 e. The van der Waals surface area contributed by atoms with E-state index in [9.17, 15) is 4.79 Å². The highest BCUT2D eigenvalue weighted by molar-refractivity contribution is 5.92. The first kappa shape index (κ1) is 17.5. The molecule has 1 aromatic rings. The fraction of sp³-hybridized carbons (Fsp3) is 0.579. The van der Waals surface area contributed by atoms with Crippen LogP contribution in [0, 0.1) is 5.92 Å². The van der Waals surface area contributed by atoms with Crippen LogP contribution >= 0.6 is 0 Å². The van der Waals surface area contributed by atoms with Crippen molar-refractivity contribution in [2.24, 2.45) is 5.92 Å². The van der Waals surface area contributed by atoms with E-state index in [1.54, 1.807) is 12.3 Å². The maximum atomic E-state index is 12.1. The molecule has 1 aliphatic carbocycles. The molecule has 0 spiro atoms. The third kappa shape index (κ3) is 6.43. The van der Waals surface area contributed by atoms with Crippen molar-refractivity contribution in [2.75, 3.05) is 18.4 Å². The van der Waals surface area contributed by atoms with E-state index >= 15 is 0 Å². The minimum atomic E-state index is -0.0878. The monoisotopic (exact) mass is 315 g/mol. The largest absolute Gasteiger partial charge is 0.384 e. The first-order valence-electron chi connectivity index (χ1n) is 8.81. The predicted molar refractivity (Wildman–Crippen MR) is 95.7 cm³/mol. The van der Waals surface area contributed by atoms with Crippen molar-refractivity contribution in [3.05, 3.63) is 35.7 Å². The summed E-state index contributed by atoms with van der Waals surface area (Å²) in [5, 5.41) is 6.29. The molecule has 2 rings (SSSR count). The molecule has 0 saturated heterocycles. The lowest BCUT2D eigenvalue weighted by molar-refractivity contribution is 0.0949. The number of aromatic nitrogens is 1. The van der Waals surface area contributed by atoms with Crippen molar-refractivity contribution in [1.29, 1.82) is 0 Å². The van der Waals surface area contributed by atoms with Gasteiger partial charge in [0.1, 0.15) is 5.69 Å². The molecule has 0 atom stereocenters. The summed E-state index contributed by atoms with van der Waals surface area (Å²) in [6.45, 7) is 6.04. The minimum absolute atomic E-state index is 0.0878. The summed E-state index contributed by atoms with van der Waals surface area (Å²) < 4.78 is 0. The molecule has 1 amide bonds. The van der Waals surface area contributed by atoms with E-state index in [1.165, 1.54) is 31.3 Å². The molecule has 0 aliphatic heterocycles. The Balaban J connectivity index is 1.72. The Hall–Kier alpha value is -1.84. The lowest BCUT2D eigenvalue weighted by Gasteiger charge is -2.13. The predicted octanol–water partition coefficient (Wildman–Crippen LogP) is 4.16. The van der Waals surface area contributed by atoms with Crippen LogP contribution in [-0.4, -0.2) is 24.0 Å². The van der Waals surface area contributed by atoms with E-state index in [0.717, 1.165) is 25.1 Å². The summed E-state index contributed by atoms with van der Waals surface area (Å²) in [5.41, 5.74) is 2.93. The first-order chi connectivity index (χ1) is 11.1. The van der Waals surface area contributed by atoms with Crippen LogP contribution in [0.4, 0.5) is 5.69 Å². The second-order valence-electron chi connectivity index (χ2n) is 6.66. The lowest BCUT2D eigenvalue weighted by Crippen LogP contribution is -2.25. The zero-order valence-electron chi connectivity index (χ0n) is 14.4. The Morgan fingerprint density at radius 1 is 1.26 bits per heavy atom. The number of hydrogen-bond donors (Lipinski definition) is 2. The standard InChI is InChI=1S/C19H29N3O/c1-15(2)10-12-20-17-8-9-18(22-14-17)19(23)21-13-11-16-6-4-3-5-7-16/h6,8-9,14-15,20H,3-5,7,10-13H2,1-2H3,(H,21,23). The number of nitrogens with zero attached hydrogens (tertiary/aromatic N) is 1. The topological polar surface area (TPSA) is 54.0 Å². The number of pyridine rings is 1. The third-order valence-corrected chi connectivity index (χ3v) is 4.16. The van der Waals surface area contributed by atoms with Gasteiger partial charge in [-0.2, -0.15) is 0 Å².